The van der Waals surface area contributed by atoms with Crippen molar-refractivity contribution < 1.29 is 0 Å². The van der Waals surface area contributed by atoms with Gasteiger partial charge in [-0.2, -0.15) is 5.10 Å². The third-order valence-corrected chi connectivity index (χ3v) is 3.80. The highest BCUT2D eigenvalue weighted by Crippen LogP contribution is 2.24. The summed E-state index contributed by atoms with van der Waals surface area (Å²) in [5.74, 6) is 0.901. The second-order valence-electron chi connectivity index (χ2n) is 3.97. The van der Waals surface area contributed by atoms with E-state index in [4.69, 9.17) is 12.2 Å². The number of aryl methyl sites for hydroxylation is 1. The van der Waals surface area contributed by atoms with E-state index in [9.17, 15) is 0 Å². The average molecular weight is 312 g/mol. The van der Waals surface area contributed by atoms with Crippen LogP contribution < -0.4 is 0 Å². The van der Waals surface area contributed by atoms with Crippen LogP contribution in [0.5, 0.6) is 0 Å². The van der Waals surface area contributed by atoms with E-state index in [0.29, 0.717) is 4.77 Å². The van der Waals surface area contributed by atoms with Crippen molar-refractivity contribution >= 4 is 28.1 Å². The molecule has 2 aromatic rings. The molecule has 0 fully saturated rings. The van der Waals surface area contributed by atoms with Gasteiger partial charge in [0.25, 0.3) is 0 Å². The Balaban J connectivity index is 2.52. The van der Waals surface area contributed by atoms with Crippen LogP contribution in [-0.4, -0.2) is 14.8 Å². The van der Waals surface area contributed by atoms with E-state index in [1.165, 1.54) is 5.56 Å². The maximum atomic E-state index is 5.23. The largest absolute Gasteiger partial charge is 0.300 e. The van der Waals surface area contributed by atoms with Gasteiger partial charge in [0.05, 0.1) is 0 Å². The summed E-state index contributed by atoms with van der Waals surface area (Å²) in [7, 11) is 0. The smallest absolute Gasteiger partial charge is 0.195 e. The number of aromatic nitrogens is 3. The van der Waals surface area contributed by atoms with Crippen LogP contribution in [0.15, 0.2) is 22.7 Å². The molecule has 1 heterocycles. The minimum Gasteiger partial charge on any atom is -0.300 e. The summed E-state index contributed by atoms with van der Waals surface area (Å²) in [4.78, 5) is 0. The van der Waals surface area contributed by atoms with E-state index in [1.807, 2.05) is 4.57 Å². The number of hydrogen-bond donors (Lipinski definition) is 1. The molecule has 0 saturated carbocycles. The van der Waals surface area contributed by atoms with Crippen molar-refractivity contribution in [2.75, 3.05) is 0 Å². The van der Waals surface area contributed by atoms with E-state index in [2.05, 4.69) is 58.2 Å². The van der Waals surface area contributed by atoms with E-state index in [1.54, 1.807) is 0 Å². The molecule has 0 aliphatic heterocycles. The maximum Gasteiger partial charge on any atom is 0.195 e. The Kier molecular flexibility index (Phi) is 3.79. The lowest BCUT2D eigenvalue weighted by molar-refractivity contribution is 0.675. The summed E-state index contributed by atoms with van der Waals surface area (Å²) in [6.07, 6.45) is 1.04. The van der Waals surface area contributed by atoms with Gasteiger partial charge in [0, 0.05) is 16.6 Å². The molecule has 0 bridgehead atoms. The van der Waals surface area contributed by atoms with Crippen molar-refractivity contribution in [2.45, 2.75) is 26.8 Å². The quantitative estimate of drug-likeness (QED) is 0.866. The standard InChI is InChI=1S/C12H14BrN3S/c1-3-6-16-11(14-15-12(16)17)9-5-4-8(2)10(13)7-9/h4-5,7H,3,6H2,1-2H3,(H,15,17). The average Bonchev–Trinajstić information content (AvgIpc) is 2.66. The normalized spacial score (nSPS) is 10.8. The van der Waals surface area contributed by atoms with Crippen LogP contribution in [0.2, 0.25) is 0 Å². The number of aromatic amines is 1. The number of benzene rings is 1. The Morgan fingerprint density at radius 1 is 1.47 bits per heavy atom. The summed E-state index contributed by atoms with van der Waals surface area (Å²) < 4.78 is 3.80. The van der Waals surface area contributed by atoms with Crippen molar-refractivity contribution in [2.24, 2.45) is 0 Å². The van der Waals surface area contributed by atoms with Crippen LogP contribution in [0.3, 0.4) is 0 Å². The van der Waals surface area contributed by atoms with Gasteiger partial charge in [-0.25, -0.2) is 0 Å². The SMILES string of the molecule is CCCn1c(-c2ccc(C)c(Br)c2)n[nH]c1=S. The second kappa shape index (κ2) is 5.14. The van der Waals surface area contributed by atoms with Gasteiger partial charge < -0.3 is 4.57 Å². The lowest BCUT2D eigenvalue weighted by Gasteiger charge is -2.06. The lowest BCUT2D eigenvalue weighted by atomic mass is 10.1. The Bertz CT molecular complexity index is 586. The molecule has 1 aromatic heterocycles. The second-order valence-corrected chi connectivity index (χ2v) is 5.21. The van der Waals surface area contributed by atoms with Crippen LogP contribution in [0.4, 0.5) is 0 Å². The first kappa shape index (κ1) is 12.5. The van der Waals surface area contributed by atoms with E-state index < -0.39 is 0 Å². The van der Waals surface area contributed by atoms with Crippen LogP contribution >= 0.6 is 28.1 Å². The number of nitrogens with one attached hydrogen (secondary N) is 1. The van der Waals surface area contributed by atoms with E-state index in [0.717, 1.165) is 28.8 Å². The maximum absolute atomic E-state index is 5.23. The van der Waals surface area contributed by atoms with Gasteiger partial charge in [-0.3, -0.25) is 5.10 Å². The highest BCUT2D eigenvalue weighted by Gasteiger charge is 2.09. The molecular formula is C12H14BrN3S. The van der Waals surface area contributed by atoms with Gasteiger partial charge in [-0.15, -0.1) is 0 Å². The first-order chi connectivity index (χ1) is 8.13. The summed E-state index contributed by atoms with van der Waals surface area (Å²) >= 11 is 8.77. The first-order valence-corrected chi connectivity index (χ1v) is 6.75. The van der Waals surface area contributed by atoms with Crippen LogP contribution in [0.1, 0.15) is 18.9 Å². The molecule has 0 unspecified atom stereocenters. The van der Waals surface area contributed by atoms with Gasteiger partial charge in [0.1, 0.15) is 0 Å². The van der Waals surface area contributed by atoms with Crippen LogP contribution in [0, 0.1) is 11.7 Å². The third-order valence-electron chi connectivity index (χ3n) is 2.64. The molecule has 90 valence electrons. The zero-order chi connectivity index (χ0) is 12.4. The molecule has 1 N–H and O–H groups in total. The lowest BCUT2D eigenvalue weighted by Crippen LogP contribution is -2.00. The molecule has 0 amide bonds. The highest BCUT2D eigenvalue weighted by molar-refractivity contribution is 9.10. The van der Waals surface area contributed by atoms with Gasteiger partial charge in [-0.05, 0) is 37.2 Å². The van der Waals surface area contributed by atoms with Crippen molar-refractivity contribution in [3.05, 3.63) is 33.0 Å². The fraction of sp³-hybridized carbons (Fsp3) is 0.333. The summed E-state index contributed by atoms with van der Waals surface area (Å²) in [6, 6.07) is 6.22. The summed E-state index contributed by atoms with van der Waals surface area (Å²) in [6.45, 7) is 5.08. The van der Waals surface area contributed by atoms with Crippen molar-refractivity contribution in [1.29, 1.82) is 0 Å². The zero-order valence-electron chi connectivity index (χ0n) is 9.83. The van der Waals surface area contributed by atoms with Crippen LogP contribution in [0.25, 0.3) is 11.4 Å². The monoisotopic (exact) mass is 311 g/mol. The number of nitrogens with zero attached hydrogens (tertiary/aromatic N) is 2. The molecule has 0 spiro atoms. The molecular weight excluding hydrogens is 298 g/mol. The fourth-order valence-corrected chi connectivity index (χ4v) is 2.30. The predicted octanol–water partition coefficient (Wildman–Crippen LogP) is 4.09. The molecule has 17 heavy (non-hydrogen) atoms. The molecule has 0 atom stereocenters. The molecule has 0 saturated heterocycles. The third kappa shape index (κ3) is 2.50. The Morgan fingerprint density at radius 3 is 2.88 bits per heavy atom. The summed E-state index contributed by atoms with van der Waals surface area (Å²) in [5.41, 5.74) is 2.29. The zero-order valence-corrected chi connectivity index (χ0v) is 12.2. The van der Waals surface area contributed by atoms with Gasteiger partial charge in [0.2, 0.25) is 0 Å². The van der Waals surface area contributed by atoms with E-state index in [-0.39, 0.29) is 0 Å². The Hall–Kier alpha value is -0.940. The molecule has 3 nitrogen and oxygen atoms in total. The van der Waals surface area contributed by atoms with Crippen molar-refractivity contribution in [3.63, 3.8) is 0 Å². The Morgan fingerprint density at radius 2 is 2.24 bits per heavy atom. The molecule has 5 heteroatoms. The van der Waals surface area contributed by atoms with Crippen LogP contribution in [-0.2, 0) is 6.54 Å². The fourth-order valence-electron chi connectivity index (χ4n) is 1.70. The number of rotatable bonds is 3. The van der Waals surface area contributed by atoms with Gasteiger partial charge >= 0.3 is 0 Å². The van der Waals surface area contributed by atoms with Gasteiger partial charge in [-0.1, -0.05) is 35.0 Å². The molecule has 2 rings (SSSR count). The Labute approximate surface area is 114 Å². The van der Waals surface area contributed by atoms with Gasteiger partial charge in [0.15, 0.2) is 10.6 Å². The molecule has 0 aliphatic rings. The van der Waals surface area contributed by atoms with Crippen molar-refractivity contribution in [1.82, 2.24) is 14.8 Å². The molecule has 0 radical (unpaired) electrons. The molecule has 1 aromatic carbocycles. The topological polar surface area (TPSA) is 33.6 Å². The number of halogens is 1. The summed E-state index contributed by atoms with van der Waals surface area (Å²) in [5, 5.41) is 7.16. The highest BCUT2D eigenvalue weighted by atomic mass is 79.9. The first-order valence-electron chi connectivity index (χ1n) is 5.55. The minimum atomic E-state index is 0.679. The van der Waals surface area contributed by atoms with Crippen molar-refractivity contribution in [3.8, 4) is 11.4 Å². The minimum absolute atomic E-state index is 0.679. The predicted molar refractivity (Wildman–Crippen MR) is 75.6 cm³/mol. The van der Waals surface area contributed by atoms with E-state index >= 15 is 0 Å². The number of H-pyrrole nitrogens is 1. The number of hydrogen-bond acceptors (Lipinski definition) is 2. The molecule has 0 aliphatic carbocycles.